The normalized spacial score (nSPS) is 21.4. The first-order valence-electron chi connectivity index (χ1n) is 10.7. The van der Waals surface area contributed by atoms with Gasteiger partial charge in [-0.1, -0.05) is 18.2 Å². The number of piperidine rings is 1. The molecule has 0 radical (unpaired) electrons. The van der Waals surface area contributed by atoms with Gasteiger partial charge in [-0.15, -0.1) is 0 Å². The highest BCUT2D eigenvalue weighted by Gasteiger charge is 2.37. The standard InChI is InChI=1S/C23H26N4O2/c1-15-18-13-20(28)27(14-16-10-11-16)22(18)25-21(24-15)19-9-5-6-12-26(19)23(29)17-7-3-2-4-8-17/h2-4,7-8,16,19H,5-6,9-14H2,1H3/t19-/m1/s1. The van der Waals surface area contributed by atoms with Crippen LogP contribution >= 0.6 is 0 Å². The molecule has 3 aliphatic rings. The third-order valence-electron chi connectivity index (χ3n) is 6.31. The van der Waals surface area contributed by atoms with Gasteiger partial charge < -0.3 is 4.90 Å². The van der Waals surface area contributed by atoms with Gasteiger partial charge in [0, 0.05) is 29.9 Å². The molecule has 0 bridgehead atoms. The maximum absolute atomic E-state index is 13.2. The van der Waals surface area contributed by atoms with Gasteiger partial charge >= 0.3 is 0 Å². The highest BCUT2D eigenvalue weighted by molar-refractivity contribution is 6.00. The minimum atomic E-state index is -0.140. The van der Waals surface area contributed by atoms with Crippen molar-refractivity contribution in [1.29, 1.82) is 0 Å². The molecule has 0 spiro atoms. The third kappa shape index (κ3) is 3.41. The van der Waals surface area contributed by atoms with Gasteiger partial charge in [-0.3, -0.25) is 14.5 Å². The minimum absolute atomic E-state index is 0.0305. The molecule has 1 saturated heterocycles. The molecule has 0 N–H and O–H groups in total. The number of fused-ring (bicyclic) bond motifs is 1. The van der Waals surface area contributed by atoms with E-state index in [1.54, 1.807) is 0 Å². The first-order valence-corrected chi connectivity index (χ1v) is 10.7. The molecule has 2 amide bonds. The van der Waals surface area contributed by atoms with E-state index in [1.807, 2.05) is 47.1 Å². The van der Waals surface area contributed by atoms with Crippen LogP contribution in [0.2, 0.25) is 0 Å². The molecule has 150 valence electrons. The lowest BCUT2D eigenvalue weighted by Gasteiger charge is -2.35. The molecular weight excluding hydrogens is 364 g/mol. The van der Waals surface area contributed by atoms with Gasteiger partial charge in [0.15, 0.2) is 5.82 Å². The summed E-state index contributed by atoms with van der Waals surface area (Å²) in [4.78, 5) is 39.2. The van der Waals surface area contributed by atoms with Crippen molar-refractivity contribution in [3.63, 3.8) is 0 Å². The van der Waals surface area contributed by atoms with Gasteiger partial charge in [-0.2, -0.15) is 0 Å². The second-order valence-corrected chi connectivity index (χ2v) is 8.47. The highest BCUT2D eigenvalue weighted by atomic mass is 16.2. The SMILES string of the molecule is Cc1nc([C@H]2CCCCN2C(=O)c2ccccc2)nc2c1CC(=O)N2CC1CC1. The van der Waals surface area contributed by atoms with Crippen molar-refractivity contribution >= 4 is 17.6 Å². The fraction of sp³-hybridized carbons (Fsp3) is 0.478. The molecule has 1 atom stereocenters. The molecule has 6 heteroatoms. The Morgan fingerprint density at radius 3 is 2.66 bits per heavy atom. The predicted molar refractivity (Wildman–Crippen MR) is 110 cm³/mol. The number of rotatable bonds is 4. The van der Waals surface area contributed by atoms with Gasteiger partial charge in [0.25, 0.3) is 5.91 Å². The summed E-state index contributed by atoms with van der Waals surface area (Å²) in [5, 5.41) is 0. The second kappa shape index (κ2) is 7.25. The fourth-order valence-corrected chi connectivity index (χ4v) is 4.48. The molecule has 1 aromatic carbocycles. The Morgan fingerprint density at radius 2 is 1.90 bits per heavy atom. The van der Waals surface area contributed by atoms with E-state index in [0.717, 1.165) is 42.9 Å². The van der Waals surface area contributed by atoms with Gasteiger partial charge in [-0.25, -0.2) is 9.97 Å². The Balaban J connectivity index is 1.49. The summed E-state index contributed by atoms with van der Waals surface area (Å²) in [6, 6.07) is 9.28. The van der Waals surface area contributed by atoms with Crippen molar-refractivity contribution in [2.75, 3.05) is 18.0 Å². The van der Waals surface area contributed by atoms with E-state index in [0.29, 0.717) is 30.3 Å². The van der Waals surface area contributed by atoms with Crippen molar-refractivity contribution in [2.24, 2.45) is 5.92 Å². The number of aromatic nitrogens is 2. The summed E-state index contributed by atoms with van der Waals surface area (Å²) in [5.41, 5.74) is 2.52. The Morgan fingerprint density at radius 1 is 1.10 bits per heavy atom. The summed E-state index contributed by atoms with van der Waals surface area (Å²) in [6.07, 6.45) is 5.67. The zero-order valence-electron chi connectivity index (χ0n) is 16.8. The van der Waals surface area contributed by atoms with Crippen LogP contribution in [0.1, 0.15) is 65.6 Å². The van der Waals surface area contributed by atoms with Crippen molar-refractivity contribution in [2.45, 2.75) is 51.5 Å². The zero-order chi connectivity index (χ0) is 20.0. The number of benzene rings is 1. The lowest BCUT2D eigenvalue weighted by Crippen LogP contribution is -2.39. The number of hydrogen-bond acceptors (Lipinski definition) is 4. The monoisotopic (exact) mass is 390 g/mol. The number of aryl methyl sites for hydroxylation is 1. The summed E-state index contributed by atoms with van der Waals surface area (Å²) < 4.78 is 0. The summed E-state index contributed by atoms with van der Waals surface area (Å²) >= 11 is 0. The third-order valence-corrected chi connectivity index (χ3v) is 6.31. The zero-order valence-corrected chi connectivity index (χ0v) is 16.8. The van der Waals surface area contributed by atoms with Crippen LogP contribution in [-0.4, -0.2) is 39.8 Å². The summed E-state index contributed by atoms with van der Waals surface area (Å²) in [6.45, 7) is 3.44. The van der Waals surface area contributed by atoms with Gasteiger partial charge in [-0.05, 0) is 57.1 Å². The maximum atomic E-state index is 13.2. The number of likely N-dealkylation sites (tertiary alicyclic amines) is 1. The molecule has 2 fully saturated rings. The highest BCUT2D eigenvalue weighted by Crippen LogP contribution is 2.38. The first kappa shape index (κ1) is 18.3. The molecule has 1 saturated carbocycles. The quantitative estimate of drug-likeness (QED) is 0.802. The van der Waals surface area contributed by atoms with Crippen LogP contribution < -0.4 is 4.90 Å². The molecule has 0 unspecified atom stereocenters. The topological polar surface area (TPSA) is 66.4 Å². The molecule has 1 aromatic heterocycles. The van der Waals surface area contributed by atoms with Gasteiger partial charge in [0.05, 0.1) is 12.5 Å². The number of hydrogen-bond donors (Lipinski definition) is 0. The lowest BCUT2D eigenvalue weighted by molar-refractivity contribution is -0.117. The van der Waals surface area contributed by atoms with E-state index < -0.39 is 0 Å². The van der Waals surface area contributed by atoms with Crippen molar-refractivity contribution in [1.82, 2.24) is 14.9 Å². The van der Waals surface area contributed by atoms with E-state index in [9.17, 15) is 9.59 Å². The molecule has 1 aliphatic carbocycles. The number of amides is 2. The number of carbonyl (C=O) groups is 2. The minimum Gasteiger partial charge on any atom is -0.328 e. The second-order valence-electron chi connectivity index (χ2n) is 8.47. The number of carbonyl (C=O) groups excluding carboxylic acids is 2. The van der Waals surface area contributed by atoms with Crippen LogP contribution in [0.25, 0.3) is 0 Å². The van der Waals surface area contributed by atoms with Crippen LogP contribution in [0.4, 0.5) is 5.82 Å². The average Bonchev–Trinajstić information content (AvgIpc) is 3.52. The van der Waals surface area contributed by atoms with E-state index in [4.69, 9.17) is 9.97 Å². The smallest absolute Gasteiger partial charge is 0.254 e. The lowest BCUT2D eigenvalue weighted by atomic mass is 9.99. The van der Waals surface area contributed by atoms with E-state index in [1.165, 1.54) is 12.8 Å². The average molecular weight is 390 g/mol. The molecule has 5 rings (SSSR count). The fourth-order valence-electron chi connectivity index (χ4n) is 4.48. The summed E-state index contributed by atoms with van der Waals surface area (Å²) in [7, 11) is 0. The summed E-state index contributed by atoms with van der Waals surface area (Å²) in [5.74, 6) is 2.22. The maximum Gasteiger partial charge on any atom is 0.254 e. The van der Waals surface area contributed by atoms with Crippen LogP contribution in [0, 0.1) is 12.8 Å². The molecule has 2 aliphatic heterocycles. The van der Waals surface area contributed by atoms with Gasteiger partial charge in [0.2, 0.25) is 5.91 Å². The Hall–Kier alpha value is -2.76. The van der Waals surface area contributed by atoms with Crippen LogP contribution in [0.15, 0.2) is 30.3 Å². The van der Waals surface area contributed by atoms with Crippen molar-refractivity contribution in [3.8, 4) is 0 Å². The Labute approximate surface area is 170 Å². The Bertz CT molecular complexity index is 955. The number of anilines is 1. The van der Waals surface area contributed by atoms with Crippen molar-refractivity contribution < 1.29 is 9.59 Å². The van der Waals surface area contributed by atoms with E-state index in [2.05, 4.69) is 0 Å². The molecule has 3 heterocycles. The van der Waals surface area contributed by atoms with Crippen LogP contribution in [0.3, 0.4) is 0 Å². The Kier molecular flexibility index (Phi) is 4.57. The molecule has 6 nitrogen and oxygen atoms in total. The predicted octanol–water partition coefficient (Wildman–Crippen LogP) is 3.45. The van der Waals surface area contributed by atoms with Crippen LogP contribution in [0.5, 0.6) is 0 Å². The molecule has 29 heavy (non-hydrogen) atoms. The first-order chi connectivity index (χ1) is 14.1. The van der Waals surface area contributed by atoms with Gasteiger partial charge in [0.1, 0.15) is 5.82 Å². The van der Waals surface area contributed by atoms with E-state index in [-0.39, 0.29) is 17.9 Å². The van der Waals surface area contributed by atoms with E-state index >= 15 is 0 Å². The van der Waals surface area contributed by atoms with Crippen LogP contribution in [-0.2, 0) is 11.2 Å². The molecular formula is C23H26N4O2. The molecule has 2 aromatic rings. The van der Waals surface area contributed by atoms with Crippen molar-refractivity contribution in [3.05, 3.63) is 53.0 Å². The number of nitrogens with zero attached hydrogens (tertiary/aromatic N) is 4. The largest absolute Gasteiger partial charge is 0.328 e.